The average Bonchev–Trinajstić information content (AvgIpc) is 2.38. The van der Waals surface area contributed by atoms with E-state index in [4.69, 9.17) is 0 Å². The van der Waals surface area contributed by atoms with E-state index in [0.29, 0.717) is 0 Å². The molecule has 0 nitrogen and oxygen atoms in total. The minimum atomic E-state index is -0.123. The van der Waals surface area contributed by atoms with Gasteiger partial charge >= 0.3 is 0 Å². The second-order valence-electron chi connectivity index (χ2n) is 3.52. The van der Waals surface area contributed by atoms with Crippen LogP contribution in [0.1, 0.15) is 6.92 Å². The molecule has 2 rings (SSSR count). The van der Waals surface area contributed by atoms with E-state index in [9.17, 15) is 0 Å². The molecule has 82 valence electrons. The van der Waals surface area contributed by atoms with Crippen molar-refractivity contribution in [3.63, 3.8) is 0 Å². The van der Waals surface area contributed by atoms with Crippen molar-refractivity contribution in [2.75, 3.05) is 6.16 Å². The largest absolute Gasteiger partial charge is 0.0870 e. The second kappa shape index (κ2) is 6.14. The molecular formula is C14H16P2. The van der Waals surface area contributed by atoms with E-state index in [2.05, 4.69) is 67.6 Å². The summed E-state index contributed by atoms with van der Waals surface area (Å²) in [7, 11) is 0.902. The van der Waals surface area contributed by atoms with E-state index in [1.165, 1.54) is 16.8 Å². The molecule has 2 aromatic carbocycles. The van der Waals surface area contributed by atoms with Crippen molar-refractivity contribution < 1.29 is 0 Å². The normalized spacial score (nSPS) is 11.4. The minimum absolute atomic E-state index is 0.123. The summed E-state index contributed by atoms with van der Waals surface area (Å²) < 4.78 is 0. The molecule has 16 heavy (non-hydrogen) atoms. The van der Waals surface area contributed by atoms with Gasteiger partial charge in [0.15, 0.2) is 0 Å². The number of benzene rings is 2. The molecule has 0 amide bonds. The lowest BCUT2D eigenvalue weighted by atomic mass is 10.4. The first-order valence-electron chi connectivity index (χ1n) is 5.55. The molecule has 0 aliphatic carbocycles. The molecule has 0 aliphatic rings. The van der Waals surface area contributed by atoms with Gasteiger partial charge in [0.2, 0.25) is 0 Å². The van der Waals surface area contributed by atoms with Crippen LogP contribution in [0.2, 0.25) is 0 Å². The Labute approximate surface area is 101 Å². The third kappa shape index (κ3) is 2.91. The molecule has 0 aliphatic heterocycles. The third-order valence-electron chi connectivity index (χ3n) is 2.35. The van der Waals surface area contributed by atoms with Gasteiger partial charge in [-0.2, -0.15) is 0 Å². The molecular weight excluding hydrogens is 230 g/mol. The van der Waals surface area contributed by atoms with Crippen molar-refractivity contribution >= 4 is 26.5 Å². The van der Waals surface area contributed by atoms with Crippen LogP contribution in [0.5, 0.6) is 0 Å². The molecule has 1 atom stereocenters. The van der Waals surface area contributed by atoms with Crippen LogP contribution < -0.4 is 10.6 Å². The predicted octanol–water partition coefficient (Wildman–Crippen LogP) is 3.73. The quantitative estimate of drug-likeness (QED) is 0.721. The fourth-order valence-electron chi connectivity index (χ4n) is 1.64. The van der Waals surface area contributed by atoms with Crippen molar-refractivity contribution in [1.82, 2.24) is 0 Å². The van der Waals surface area contributed by atoms with Crippen LogP contribution in [0.4, 0.5) is 0 Å². The summed E-state index contributed by atoms with van der Waals surface area (Å²) in [6, 6.07) is 21.8. The molecule has 0 bridgehead atoms. The monoisotopic (exact) mass is 246 g/mol. The van der Waals surface area contributed by atoms with E-state index >= 15 is 0 Å². The SMILES string of the molecule is CCPP(c1ccccc1)c1ccccc1. The van der Waals surface area contributed by atoms with E-state index in [-0.39, 0.29) is 7.61 Å². The lowest BCUT2D eigenvalue weighted by molar-refractivity contribution is 1.53. The van der Waals surface area contributed by atoms with E-state index in [0.717, 1.165) is 8.27 Å². The fourth-order valence-corrected chi connectivity index (χ4v) is 6.50. The summed E-state index contributed by atoms with van der Waals surface area (Å²) in [6.07, 6.45) is 1.27. The van der Waals surface area contributed by atoms with Crippen molar-refractivity contribution in [3.05, 3.63) is 60.7 Å². The van der Waals surface area contributed by atoms with Gasteiger partial charge < -0.3 is 0 Å². The fraction of sp³-hybridized carbons (Fsp3) is 0.143. The van der Waals surface area contributed by atoms with Crippen LogP contribution in [0, 0.1) is 0 Å². The Balaban J connectivity index is 2.31. The molecule has 2 heteroatoms. The van der Waals surface area contributed by atoms with Crippen molar-refractivity contribution in [1.29, 1.82) is 0 Å². The summed E-state index contributed by atoms with van der Waals surface area (Å²) >= 11 is 0. The first-order valence-corrected chi connectivity index (χ1v) is 8.94. The van der Waals surface area contributed by atoms with Gasteiger partial charge in [0, 0.05) is 0 Å². The van der Waals surface area contributed by atoms with Crippen LogP contribution in [-0.4, -0.2) is 6.16 Å². The molecule has 0 saturated carbocycles. The van der Waals surface area contributed by atoms with Crippen molar-refractivity contribution in [3.8, 4) is 0 Å². The third-order valence-corrected chi connectivity index (χ3v) is 8.05. The zero-order valence-corrected chi connectivity index (χ0v) is 11.3. The lowest BCUT2D eigenvalue weighted by Gasteiger charge is -2.17. The maximum Gasteiger partial charge on any atom is -0.0155 e. The zero-order valence-electron chi connectivity index (χ0n) is 9.43. The maximum absolute atomic E-state index is 2.28. The smallest absolute Gasteiger partial charge is 0.0155 e. The highest BCUT2D eigenvalue weighted by molar-refractivity contribution is 8.28. The van der Waals surface area contributed by atoms with Gasteiger partial charge in [0.25, 0.3) is 0 Å². The number of hydrogen-bond donors (Lipinski definition) is 0. The van der Waals surface area contributed by atoms with Gasteiger partial charge in [0.05, 0.1) is 0 Å². The Bertz CT molecular complexity index is 372. The highest BCUT2D eigenvalue weighted by atomic mass is 32.0. The molecule has 0 N–H and O–H groups in total. The molecule has 0 saturated heterocycles. The van der Waals surface area contributed by atoms with Crippen LogP contribution >= 0.6 is 15.9 Å². The van der Waals surface area contributed by atoms with Crippen molar-refractivity contribution in [2.24, 2.45) is 0 Å². The summed E-state index contributed by atoms with van der Waals surface area (Å²) in [5.74, 6) is 0. The van der Waals surface area contributed by atoms with Crippen LogP contribution in [0.3, 0.4) is 0 Å². The predicted molar refractivity (Wildman–Crippen MR) is 77.9 cm³/mol. The van der Waals surface area contributed by atoms with E-state index in [1.54, 1.807) is 0 Å². The van der Waals surface area contributed by atoms with E-state index in [1.807, 2.05) is 0 Å². The number of rotatable bonds is 4. The molecule has 0 fully saturated rings. The zero-order chi connectivity index (χ0) is 11.2. The highest BCUT2D eigenvalue weighted by Crippen LogP contribution is 2.52. The van der Waals surface area contributed by atoms with Gasteiger partial charge in [-0.25, -0.2) is 0 Å². The van der Waals surface area contributed by atoms with Gasteiger partial charge in [-0.05, 0) is 24.4 Å². The summed E-state index contributed by atoms with van der Waals surface area (Å²) in [5, 5.41) is 3.01. The van der Waals surface area contributed by atoms with Gasteiger partial charge in [-0.15, -0.1) is 0 Å². The summed E-state index contributed by atoms with van der Waals surface area (Å²) in [4.78, 5) is 0. The van der Waals surface area contributed by atoms with Gasteiger partial charge in [-0.3, -0.25) is 0 Å². The Kier molecular flexibility index (Phi) is 4.52. The molecule has 1 unspecified atom stereocenters. The number of hydrogen-bond acceptors (Lipinski definition) is 0. The highest BCUT2D eigenvalue weighted by Gasteiger charge is 2.11. The molecule has 0 spiro atoms. The van der Waals surface area contributed by atoms with Crippen LogP contribution in [-0.2, 0) is 0 Å². The Morgan fingerprint density at radius 3 is 1.62 bits per heavy atom. The first kappa shape index (κ1) is 11.8. The topological polar surface area (TPSA) is 0 Å². The first-order chi connectivity index (χ1) is 7.92. The van der Waals surface area contributed by atoms with Crippen LogP contribution in [0.15, 0.2) is 60.7 Å². The summed E-state index contributed by atoms with van der Waals surface area (Å²) in [5.41, 5.74) is 0. The van der Waals surface area contributed by atoms with Gasteiger partial charge in [-0.1, -0.05) is 75.9 Å². The molecule has 2 aromatic rings. The standard InChI is InChI=1S/C14H16P2/c1-2-15-16(13-9-5-3-6-10-13)14-11-7-4-8-12-14/h3-12,15H,2H2,1H3. The molecule has 0 radical (unpaired) electrons. The molecule has 0 heterocycles. The molecule has 0 aromatic heterocycles. The average molecular weight is 246 g/mol. The Morgan fingerprint density at radius 1 is 0.812 bits per heavy atom. The lowest BCUT2D eigenvalue weighted by Crippen LogP contribution is -2.08. The minimum Gasteiger partial charge on any atom is -0.0870 e. The van der Waals surface area contributed by atoms with E-state index < -0.39 is 0 Å². The second-order valence-corrected chi connectivity index (χ2v) is 8.54. The van der Waals surface area contributed by atoms with Gasteiger partial charge in [0.1, 0.15) is 0 Å². The maximum atomic E-state index is 2.28. The Hall–Kier alpha value is -0.700. The Morgan fingerprint density at radius 2 is 1.25 bits per heavy atom. The summed E-state index contributed by atoms with van der Waals surface area (Å²) in [6.45, 7) is 2.28. The van der Waals surface area contributed by atoms with Crippen molar-refractivity contribution in [2.45, 2.75) is 6.92 Å². The van der Waals surface area contributed by atoms with Crippen LogP contribution in [0.25, 0.3) is 0 Å².